The maximum Gasteiger partial charge on any atom is -0.0173 e. The van der Waals surface area contributed by atoms with E-state index in [2.05, 4.69) is 0 Å². The summed E-state index contributed by atoms with van der Waals surface area (Å²) in [6, 6.07) is 0. The first-order valence-electron chi connectivity index (χ1n) is 5.94. The van der Waals surface area contributed by atoms with Crippen molar-refractivity contribution < 1.29 is 0 Å². The molecule has 0 amide bonds. The van der Waals surface area contributed by atoms with Crippen LogP contribution in [0.15, 0.2) is 0 Å². The second-order valence-electron chi connectivity index (χ2n) is 6.17. The second-order valence-corrected chi connectivity index (χ2v) is 6.17. The van der Waals surface area contributed by atoms with Gasteiger partial charge in [-0.25, -0.2) is 0 Å². The van der Waals surface area contributed by atoms with E-state index in [0.717, 1.165) is 5.41 Å². The van der Waals surface area contributed by atoms with E-state index < -0.39 is 0 Å². The average Bonchev–Trinajstić information content (AvgIpc) is 1.97. The van der Waals surface area contributed by atoms with Crippen LogP contribution in [0.5, 0.6) is 0 Å². The van der Waals surface area contributed by atoms with Gasteiger partial charge in [-0.05, 0) is 66.6 Å². The largest absolute Gasteiger partial charge is 0.0527 e. The van der Waals surface area contributed by atoms with E-state index in [1.165, 1.54) is 35.5 Å². The van der Waals surface area contributed by atoms with Crippen LogP contribution in [-0.2, 0) is 0 Å². The fourth-order valence-corrected chi connectivity index (χ4v) is 6.62. The Morgan fingerprint density at radius 1 is 0.917 bits per heavy atom. The van der Waals surface area contributed by atoms with Crippen LogP contribution in [0.4, 0.5) is 0 Å². The zero-order valence-electron chi connectivity index (χ0n) is 7.50. The Morgan fingerprint density at radius 2 is 1.58 bits per heavy atom. The summed E-state index contributed by atoms with van der Waals surface area (Å²) < 4.78 is 0. The van der Waals surface area contributed by atoms with Crippen molar-refractivity contribution in [2.45, 2.75) is 32.1 Å². The van der Waals surface area contributed by atoms with E-state index in [-0.39, 0.29) is 0 Å². The molecule has 0 aliphatic heterocycles. The summed E-state index contributed by atoms with van der Waals surface area (Å²) in [6.07, 6.45) is 8.13. The van der Waals surface area contributed by atoms with E-state index in [9.17, 15) is 0 Å². The molecule has 0 saturated heterocycles. The lowest BCUT2D eigenvalue weighted by Gasteiger charge is -2.92. The predicted molar refractivity (Wildman–Crippen MR) is 46.5 cm³/mol. The molecule has 5 fully saturated rings. The van der Waals surface area contributed by atoms with Gasteiger partial charge in [0, 0.05) is 0 Å². The molecule has 12 heavy (non-hydrogen) atoms. The molecule has 4 unspecified atom stereocenters. The minimum Gasteiger partial charge on any atom is -0.0527 e. The fourth-order valence-electron chi connectivity index (χ4n) is 6.62. The van der Waals surface area contributed by atoms with Gasteiger partial charge >= 0.3 is 0 Å². The van der Waals surface area contributed by atoms with E-state index in [4.69, 9.17) is 0 Å². The normalized spacial score (nSPS) is 80.0. The molecule has 5 aliphatic rings. The highest BCUT2D eigenvalue weighted by Gasteiger charge is 2.87. The van der Waals surface area contributed by atoms with Crippen LogP contribution in [0.1, 0.15) is 32.1 Å². The molecule has 0 bridgehead atoms. The maximum atomic E-state index is 1.66. The number of rotatable bonds is 0. The molecule has 0 nitrogen and oxygen atoms in total. The minimum absolute atomic E-state index is 1.05. The summed E-state index contributed by atoms with van der Waals surface area (Å²) >= 11 is 0. The average molecular weight is 160 g/mol. The standard InChI is InChI=1S/C12H16/c1-2-7-9-4-6-5-10-8(3-1)11(7)12(6,9)10/h6-11H,1-5H2. The van der Waals surface area contributed by atoms with Crippen molar-refractivity contribution in [3.05, 3.63) is 0 Å². The van der Waals surface area contributed by atoms with Crippen LogP contribution in [0.25, 0.3) is 0 Å². The van der Waals surface area contributed by atoms with Crippen molar-refractivity contribution in [1.82, 2.24) is 0 Å². The summed E-state index contributed by atoms with van der Waals surface area (Å²) in [6.45, 7) is 0. The molecule has 0 N–H and O–H groups in total. The van der Waals surface area contributed by atoms with Gasteiger partial charge in [0.1, 0.15) is 0 Å². The molecule has 0 radical (unpaired) electrons. The molecule has 0 heteroatoms. The minimum atomic E-state index is 1.05. The molecular formula is C12H16. The van der Waals surface area contributed by atoms with Crippen LogP contribution in [0.2, 0.25) is 0 Å². The van der Waals surface area contributed by atoms with Crippen LogP contribution in [0, 0.1) is 40.9 Å². The number of hydrogen-bond acceptors (Lipinski definition) is 0. The van der Waals surface area contributed by atoms with Crippen molar-refractivity contribution in [3.8, 4) is 0 Å². The summed E-state index contributed by atoms with van der Waals surface area (Å²) in [5, 5.41) is 0. The van der Waals surface area contributed by atoms with Gasteiger partial charge in [-0.15, -0.1) is 0 Å². The maximum absolute atomic E-state index is 1.66. The topological polar surface area (TPSA) is 0 Å². The lowest BCUT2D eigenvalue weighted by atomic mass is 9.12. The highest BCUT2D eigenvalue weighted by molar-refractivity contribution is 5.35. The first-order valence-corrected chi connectivity index (χ1v) is 5.94. The monoisotopic (exact) mass is 160 g/mol. The Balaban J connectivity index is 1.67. The van der Waals surface area contributed by atoms with E-state index in [1.807, 2.05) is 0 Å². The summed E-state index contributed by atoms with van der Waals surface area (Å²) in [4.78, 5) is 0. The van der Waals surface area contributed by atoms with Gasteiger partial charge in [0.2, 0.25) is 0 Å². The Labute approximate surface area is 73.7 Å². The Hall–Kier alpha value is 0. The van der Waals surface area contributed by atoms with Crippen LogP contribution in [0.3, 0.4) is 0 Å². The molecular weight excluding hydrogens is 144 g/mol. The summed E-state index contributed by atoms with van der Waals surface area (Å²) in [7, 11) is 0. The van der Waals surface area contributed by atoms with Crippen molar-refractivity contribution in [1.29, 1.82) is 0 Å². The van der Waals surface area contributed by atoms with Crippen LogP contribution < -0.4 is 0 Å². The van der Waals surface area contributed by atoms with E-state index in [1.54, 1.807) is 32.1 Å². The zero-order chi connectivity index (χ0) is 7.50. The van der Waals surface area contributed by atoms with Crippen molar-refractivity contribution in [3.63, 3.8) is 0 Å². The lowest BCUT2D eigenvalue weighted by molar-refractivity contribution is -0.450. The second kappa shape index (κ2) is 1.31. The van der Waals surface area contributed by atoms with Gasteiger partial charge < -0.3 is 0 Å². The number of fused-ring (bicyclic) bond motifs is 2. The molecule has 0 aromatic carbocycles. The van der Waals surface area contributed by atoms with Gasteiger partial charge in [0.25, 0.3) is 0 Å². The molecule has 4 atom stereocenters. The van der Waals surface area contributed by atoms with E-state index >= 15 is 0 Å². The SMILES string of the molecule is C1CC2C3CC4CC5C(C1)C2C435. The van der Waals surface area contributed by atoms with Crippen molar-refractivity contribution in [2.75, 3.05) is 0 Å². The van der Waals surface area contributed by atoms with Gasteiger partial charge in [-0.1, -0.05) is 6.42 Å². The quantitative estimate of drug-likeness (QED) is 0.511. The predicted octanol–water partition coefficient (Wildman–Crippen LogP) is 2.69. The van der Waals surface area contributed by atoms with Crippen molar-refractivity contribution in [2.24, 2.45) is 40.9 Å². The lowest BCUT2D eigenvalue weighted by Crippen LogP contribution is -2.87. The zero-order valence-corrected chi connectivity index (χ0v) is 7.50. The Kier molecular flexibility index (Phi) is 0.618. The summed E-state index contributed by atoms with van der Waals surface area (Å²) in [5.41, 5.74) is 1.05. The fraction of sp³-hybridized carbons (Fsp3) is 1.00. The third-order valence-electron chi connectivity index (χ3n) is 6.68. The Bertz CT molecular complexity index is 254. The third kappa shape index (κ3) is 0.278. The molecule has 0 aromatic rings. The van der Waals surface area contributed by atoms with E-state index in [0.29, 0.717) is 0 Å². The van der Waals surface area contributed by atoms with Crippen molar-refractivity contribution >= 4 is 0 Å². The highest BCUT2D eigenvalue weighted by atomic mass is 14.9. The number of hydrogen-bond donors (Lipinski definition) is 0. The smallest absolute Gasteiger partial charge is 0.0173 e. The van der Waals surface area contributed by atoms with Crippen LogP contribution >= 0.6 is 0 Å². The highest BCUT2D eigenvalue weighted by Crippen LogP contribution is 2.92. The molecule has 5 rings (SSSR count). The van der Waals surface area contributed by atoms with Gasteiger partial charge in [0.05, 0.1) is 0 Å². The van der Waals surface area contributed by atoms with Gasteiger partial charge in [-0.3, -0.25) is 0 Å². The molecule has 0 aromatic heterocycles. The molecule has 5 aliphatic carbocycles. The Morgan fingerprint density at radius 3 is 2.17 bits per heavy atom. The van der Waals surface area contributed by atoms with Gasteiger partial charge in [0.15, 0.2) is 0 Å². The summed E-state index contributed by atoms with van der Waals surface area (Å²) in [5.74, 6) is 7.57. The molecule has 0 heterocycles. The first kappa shape index (κ1) is 5.67. The third-order valence-corrected chi connectivity index (χ3v) is 6.68. The first-order chi connectivity index (χ1) is 5.94. The molecule has 1 spiro atoms. The van der Waals surface area contributed by atoms with Gasteiger partial charge in [-0.2, -0.15) is 0 Å². The molecule has 5 saturated carbocycles. The van der Waals surface area contributed by atoms with Crippen LogP contribution in [-0.4, -0.2) is 0 Å². The molecule has 64 valence electrons.